The van der Waals surface area contributed by atoms with Crippen LogP contribution < -0.4 is 5.32 Å². The fourth-order valence-corrected chi connectivity index (χ4v) is 1.91. The molecule has 0 aliphatic heterocycles. The Morgan fingerprint density at radius 1 is 1.22 bits per heavy atom. The van der Waals surface area contributed by atoms with Gasteiger partial charge in [-0.2, -0.15) is 0 Å². The molecule has 0 bridgehead atoms. The third kappa shape index (κ3) is 4.67. The average molecular weight is 269 g/mol. The quantitative estimate of drug-likeness (QED) is 0.770. The summed E-state index contributed by atoms with van der Waals surface area (Å²) in [6, 6.07) is 8.19. The zero-order chi connectivity index (χ0) is 13.4. The van der Waals surface area contributed by atoms with Crippen molar-refractivity contribution >= 4 is 17.5 Å². The van der Waals surface area contributed by atoms with E-state index < -0.39 is 0 Å². The molecule has 0 heterocycles. The molecule has 0 spiro atoms. The first-order valence-electron chi connectivity index (χ1n) is 6.33. The minimum Gasteiger partial charge on any atom is -0.351 e. The van der Waals surface area contributed by atoms with Crippen LogP contribution in [0.15, 0.2) is 24.3 Å². The van der Waals surface area contributed by atoms with Crippen molar-refractivity contribution < 1.29 is 4.79 Å². The minimum atomic E-state index is -0.130. The number of rotatable bonds is 7. The minimum absolute atomic E-state index is 0.0121. The number of hydrogen-bond donors (Lipinski definition) is 1. The van der Waals surface area contributed by atoms with Gasteiger partial charge in [-0.3, -0.25) is 9.69 Å². The van der Waals surface area contributed by atoms with Gasteiger partial charge >= 0.3 is 0 Å². The molecule has 0 saturated carbocycles. The van der Waals surface area contributed by atoms with Crippen LogP contribution in [-0.4, -0.2) is 29.8 Å². The molecule has 18 heavy (non-hydrogen) atoms. The van der Waals surface area contributed by atoms with Crippen molar-refractivity contribution in [2.75, 3.05) is 19.0 Å². The molecule has 1 amide bonds. The fourth-order valence-electron chi connectivity index (χ4n) is 1.81. The van der Waals surface area contributed by atoms with Crippen molar-refractivity contribution in [1.29, 1.82) is 0 Å². The number of alkyl halides is 1. The lowest BCUT2D eigenvalue weighted by molar-refractivity contribution is -0.118. The molecular formula is C14H21ClN2O. The van der Waals surface area contributed by atoms with Crippen molar-refractivity contribution in [1.82, 2.24) is 10.2 Å². The monoisotopic (exact) mass is 268 g/mol. The first-order valence-corrected chi connectivity index (χ1v) is 6.86. The summed E-state index contributed by atoms with van der Waals surface area (Å²) in [6.07, 6.45) is 0. The Morgan fingerprint density at radius 3 is 2.39 bits per heavy atom. The highest BCUT2D eigenvalue weighted by molar-refractivity contribution is 6.27. The molecule has 1 aromatic rings. The highest BCUT2D eigenvalue weighted by atomic mass is 35.5. The van der Waals surface area contributed by atoms with Crippen LogP contribution in [-0.2, 0) is 17.9 Å². The lowest BCUT2D eigenvalue weighted by atomic mass is 10.1. The molecule has 4 heteroatoms. The van der Waals surface area contributed by atoms with Crippen molar-refractivity contribution in [3.8, 4) is 0 Å². The maximum atomic E-state index is 11.2. The van der Waals surface area contributed by atoms with E-state index in [2.05, 4.69) is 30.1 Å². The van der Waals surface area contributed by atoms with E-state index in [0.29, 0.717) is 6.54 Å². The van der Waals surface area contributed by atoms with Crippen molar-refractivity contribution in [3.63, 3.8) is 0 Å². The predicted octanol–water partition coefficient (Wildman–Crippen LogP) is 2.38. The Kier molecular flexibility index (Phi) is 6.76. The van der Waals surface area contributed by atoms with Crippen molar-refractivity contribution in [2.24, 2.45) is 0 Å². The van der Waals surface area contributed by atoms with Crippen LogP contribution in [0.25, 0.3) is 0 Å². The first-order chi connectivity index (χ1) is 8.71. The Bertz CT molecular complexity index is 378. The summed E-state index contributed by atoms with van der Waals surface area (Å²) >= 11 is 5.47. The summed E-state index contributed by atoms with van der Waals surface area (Å²) in [5.74, 6) is -0.118. The number of benzene rings is 1. The second kappa shape index (κ2) is 8.11. The maximum absolute atomic E-state index is 11.2. The number of amides is 1. The van der Waals surface area contributed by atoms with E-state index in [1.807, 2.05) is 18.2 Å². The molecule has 0 aliphatic rings. The number of carbonyl (C=O) groups excluding carboxylic acids is 1. The van der Waals surface area contributed by atoms with Gasteiger partial charge in [-0.15, -0.1) is 11.6 Å². The van der Waals surface area contributed by atoms with E-state index >= 15 is 0 Å². The Hall–Kier alpha value is -1.06. The van der Waals surface area contributed by atoms with Gasteiger partial charge in [-0.1, -0.05) is 38.1 Å². The van der Waals surface area contributed by atoms with Gasteiger partial charge in [0.25, 0.3) is 0 Å². The van der Waals surface area contributed by atoms with Gasteiger partial charge in [0, 0.05) is 13.1 Å². The Morgan fingerprint density at radius 2 is 1.83 bits per heavy atom. The molecular weight excluding hydrogens is 248 g/mol. The maximum Gasteiger partial charge on any atom is 0.235 e. The molecule has 1 N–H and O–H groups in total. The topological polar surface area (TPSA) is 32.3 Å². The molecule has 1 aromatic carbocycles. The van der Waals surface area contributed by atoms with E-state index in [0.717, 1.165) is 25.2 Å². The normalized spacial score (nSPS) is 10.7. The van der Waals surface area contributed by atoms with Crippen LogP contribution >= 0.6 is 11.6 Å². The Balaban J connectivity index is 2.69. The first kappa shape index (κ1) is 15.0. The molecule has 0 unspecified atom stereocenters. The van der Waals surface area contributed by atoms with Gasteiger partial charge in [0.15, 0.2) is 0 Å². The SMILES string of the molecule is CCN(CC)Cc1ccccc1CNC(=O)CCl. The largest absolute Gasteiger partial charge is 0.351 e. The zero-order valence-corrected chi connectivity index (χ0v) is 11.8. The predicted molar refractivity (Wildman–Crippen MR) is 75.6 cm³/mol. The lowest BCUT2D eigenvalue weighted by Gasteiger charge is -2.20. The highest BCUT2D eigenvalue weighted by Crippen LogP contribution is 2.11. The zero-order valence-electron chi connectivity index (χ0n) is 11.1. The van der Waals surface area contributed by atoms with Gasteiger partial charge in [-0.05, 0) is 24.2 Å². The standard InChI is InChI=1S/C14H21ClN2O/c1-3-17(4-2)11-13-8-6-5-7-12(13)10-16-14(18)9-15/h5-8H,3-4,9-11H2,1-2H3,(H,16,18). The molecule has 0 atom stereocenters. The molecule has 100 valence electrons. The average Bonchev–Trinajstić information content (AvgIpc) is 2.43. The molecule has 0 radical (unpaired) electrons. The number of nitrogens with zero attached hydrogens (tertiary/aromatic N) is 1. The second-order valence-electron chi connectivity index (χ2n) is 4.14. The van der Waals surface area contributed by atoms with Crippen LogP contribution in [0.1, 0.15) is 25.0 Å². The van der Waals surface area contributed by atoms with Crippen molar-refractivity contribution in [2.45, 2.75) is 26.9 Å². The van der Waals surface area contributed by atoms with Crippen LogP contribution in [0.4, 0.5) is 0 Å². The molecule has 0 aliphatic carbocycles. The van der Waals surface area contributed by atoms with E-state index in [-0.39, 0.29) is 11.8 Å². The molecule has 0 saturated heterocycles. The smallest absolute Gasteiger partial charge is 0.235 e. The van der Waals surface area contributed by atoms with E-state index in [9.17, 15) is 4.79 Å². The second-order valence-corrected chi connectivity index (χ2v) is 4.41. The summed E-state index contributed by atoms with van der Waals surface area (Å²) in [6.45, 7) is 7.82. The lowest BCUT2D eigenvalue weighted by Crippen LogP contribution is -2.26. The molecule has 0 aromatic heterocycles. The fraction of sp³-hybridized carbons (Fsp3) is 0.500. The number of carbonyl (C=O) groups is 1. The van der Waals surface area contributed by atoms with Crippen LogP contribution in [0.2, 0.25) is 0 Å². The van der Waals surface area contributed by atoms with Gasteiger partial charge in [-0.25, -0.2) is 0 Å². The van der Waals surface area contributed by atoms with Crippen LogP contribution in [0, 0.1) is 0 Å². The molecule has 1 rings (SSSR count). The number of hydrogen-bond acceptors (Lipinski definition) is 2. The van der Waals surface area contributed by atoms with Crippen LogP contribution in [0.3, 0.4) is 0 Å². The van der Waals surface area contributed by atoms with E-state index in [1.54, 1.807) is 0 Å². The third-order valence-electron chi connectivity index (χ3n) is 3.00. The van der Waals surface area contributed by atoms with Gasteiger partial charge in [0.1, 0.15) is 5.88 Å². The van der Waals surface area contributed by atoms with E-state index in [4.69, 9.17) is 11.6 Å². The number of halogens is 1. The van der Waals surface area contributed by atoms with Gasteiger partial charge in [0.05, 0.1) is 0 Å². The van der Waals surface area contributed by atoms with E-state index in [1.165, 1.54) is 5.56 Å². The summed E-state index contributed by atoms with van der Waals surface area (Å²) in [5.41, 5.74) is 2.42. The summed E-state index contributed by atoms with van der Waals surface area (Å²) in [7, 11) is 0. The summed E-state index contributed by atoms with van der Waals surface area (Å²) < 4.78 is 0. The van der Waals surface area contributed by atoms with Crippen molar-refractivity contribution in [3.05, 3.63) is 35.4 Å². The van der Waals surface area contributed by atoms with Gasteiger partial charge < -0.3 is 5.32 Å². The summed E-state index contributed by atoms with van der Waals surface area (Å²) in [4.78, 5) is 13.5. The Labute approximate surface area is 114 Å². The summed E-state index contributed by atoms with van der Waals surface area (Å²) in [5, 5.41) is 2.81. The number of nitrogens with one attached hydrogen (secondary N) is 1. The third-order valence-corrected chi connectivity index (χ3v) is 3.25. The van der Waals surface area contributed by atoms with Gasteiger partial charge in [0.2, 0.25) is 5.91 Å². The molecule has 0 fully saturated rings. The highest BCUT2D eigenvalue weighted by Gasteiger charge is 2.07. The van der Waals surface area contributed by atoms with Crippen LogP contribution in [0.5, 0.6) is 0 Å². The molecule has 3 nitrogen and oxygen atoms in total.